The molecule has 0 radical (unpaired) electrons. The Morgan fingerprint density at radius 2 is 1.96 bits per heavy atom. The van der Waals surface area contributed by atoms with Gasteiger partial charge in [0.1, 0.15) is 10.8 Å². The van der Waals surface area contributed by atoms with Crippen LogP contribution in [0.25, 0.3) is 22.0 Å². The van der Waals surface area contributed by atoms with Crippen molar-refractivity contribution in [2.45, 2.75) is 19.8 Å². The summed E-state index contributed by atoms with van der Waals surface area (Å²) >= 11 is 5.92. The highest BCUT2D eigenvalue weighted by Crippen LogP contribution is 2.24. The Kier molecular flexibility index (Phi) is 5.13. The van der Waals surface area contributed by atoms with Gasteiger partial charge in [0.25, 0.3) is 5.56 Å². The van der Waals surface area contributed by atoms with E-state index in [0.29, 0.717) is 21.8 Å². The maximum atomic E-state index is 12.8. The van der Waals surface area contributed by atoms with E-state index in [1.165, 1.54) is 10.8 Å². The SMILES string of the molecule is Cc1cc(C(=O)CCCF)ncc1-c1cc2cnc(Cl)cc2n(C)c1=O. The molecule has 0 spiro atoms. The zero-order valence-corrected chi connectivity index (χ0v) is 15.2. The predicted molar refractivity (Wildman–Crippen MR) is 99.5 cm³/mol. The van der Waals surface area contributed by atoms with Gasteiger partial charge in [0.05, 0.1) is 12.2 Å². The molecule has 3 aromatic heterocycles. The van der Waals surface area contributed by atoms with E-state index in [1.54, 1.807) is 31.4 Å². The summed E-state index contributed by atoms with van der Waals surface area (Å²) in [5, 5.41) is 1.09. The summed E-state index contributed by atoms with van der Waals surface area (Å²) in [6, 6.07) is 5.02. The molecule has 0 fully saturated rings. The number of halogens is 2. The van der Waals surface area contributed by atoms with Gasteiger partial charge in [-0.25, -0.2) is 4.98 Å². The topological polar surface area (TPSA) is 64.8 Å². The summed E-state index contributed by atoms with van der Waals surface area (Å²) in [7, 11) is 1.67. The molecule has 0 aromatic carbocycles. The number of carbonyl (C=O) groups excluding carboxylic acids is 1. The van der Waals surface area contributed by atoms with Crippen LogP contribution in [0.4, 0.5) is 4.39 Å². The second kappa shape index (κ2) is 7.33. The fraction of sp³-hybridized carbons (Fsp3) is 0.263. The van der Waals surface area contributed by atoms with Gasteiger partial charge in [0.15, 0.2) is 5.78 Å². The Hall–Kier alpha value is -2.60. The van der Waals surface area contributed by atoms with Crippen molar-refractivity contribution in [2.75, 3.05) is 6.67 Å². The monoisotopic (exact) mass is 373 g/mol. The van der Waals surface area contributed by atoms with Crippen LogP contribution in [0.2, 0.25) is 5.15 Å². The number of Topliss-reactive ketones (excluding diaryl/α,β-unsaturated/α-hetero) is 1. The van der Waals surface area contributed by atoms with E-state index in [2.05, 4.69) is 9.97 Å². The zero-order chi connectivity index (χ0) is 18.8. The molecule has 0 aliphatic carbocycles. The number of ketones is 1. The molecule has 0 saturated carbocycles. The first kappa shape index (κ1) is 18.2. The molecule has 0 unspecified atom stereocenters. The lowest BCUT2D eigenvalue weighted by atomic mass is 10.0. The molecule has 134 valence electrons. The fourth-order valence-electron chi connectivity index (χ4n) is 2.88. The van der Waals surface area contributed by atoms with Crippen LogP contribution >= 0.6 is 11.6 Å². The van der Waals surface area contributed by atoms with Crippen LogP contribution in [-0.4, -0.2) is 27.0 Å². The molecule has 7 heteroatoms. The molecule has 0 bridgehead atoms. The highest BCUT2D eigenvalue weighted by atomic mass is 35.5. The van der Waals surface area contributed by atoms with Gasteiger partial charge in [-0.05, 0) is 37.1 Å². The number of hydrogen-bond donors (Lipinski definition) is 0. The van der Waals surface area contributed by atoms with Gasteiger partial charge < -0.3 is 4.57 Å². The van der Waals surface area contributed by atoms with Crippen LogP contribution in [0.1, 0.15) is 28.9 Å². The highest BCUT2D eigenvalue weighted by Gasteiger charge is 2.15. The van der Waals surface area contributed by atoms with Crippen LogP contribution in [0.15, 0.2) is 35.4 Å². The lowest BCUT2D eigenvalue weighted by Gasteiger charge is -2.11. The quantitative estimate of drug-likeness (QED) is 0.502. The first-order valence-electron chi connectivity index (χ1n) is 8.14. The summed E-state index contributed by atoms with van der Waals surface area (Å²) in [6.45, 7) is 1.28. The summed E-state index contributed by atoms with van der Waals surface area (Å²) in [6.07, 6.45) is 3.43. The standard InChI is InChI=1S/C19H17ClFN3O2/c1-11-6-15(17(25)4-3-5-21)22-10-14(11)13-7-12-9-23-18(20)8-16(12)24(2)19(13)26/h6-10H,3-5H2,1-2H3. The first-order chi connectivity index (χ1) is 12.4. The largest absolute Gasteiger partial charge is 0.311 e. The van der Waals surface area contributed by atoms with Crippen molar-refractivity contribution >= 4 is 28.3 Å². The molecule has 0 N–H and O–H groups in total. The Balaban J connectivity index is 2.09. The number of aromatic nitrogens is 3. The van der Waals surface area contributed by atoms with Crippen molar-refractivity contribution < 1.29 is 9.18 Å². The number of aryl methyl sites for hydroxylation is 2. The van der Waals surface area contributed by atoms with Crippen molar-refractivity contribution in [3.05, 3.63) is 57.4 Å². The minimum absolute atomic E-state index is 0.118. The maximum absolute atomic E-state index is 12.8. The van der Waals surface area contributed by atoms with Crippen molar-refractivity contribution in [3.8, 4) is 11.1 Å². The summed E-state index contributed by atoms with van der Waals surface area (Å²) in [4.78, 5) is 33.0. The van der Waals surface area contributed by atoms with Gasteiger partial charge in [-0.1, -0.05) is 11.6 Å². The minimum Gasteiger partial charge on any atom is -0.311 e. The van der Waals surface area contributed by atoms with Gasteiger partial charge in [-0.15, -0.1) is 0 Å². The van der Waals surface area contributed by atoms with Crippen molar-refractivity contribution in [2.24, 2.45) is 7.05 Å². The van der Waals surface area contributed by atoms with E-state index >= 15 is 0 Å². The van der Waals surface area contributed by atoms with Crippen LogP contribution in [0, 0.1) is 6.92 Å². The molecule has 26 heavy (non-hydrogen) atoms. The smallest absolute Gasteiger partial charge is 0.258 e. The highest BCUT2D eigenvalue weighted by molar-refractivity contribution is 6.30. The van der Waals surface area contributed by atoms with Gasteiger partial charge >= 0.3 is 0 Å². The number of alkyl halides is 1. The lowest BCUT2D eigenvalue weighted by molar-refractivity contribution is 0.0972. The molecular formula is C19H17ClFN3O2. The third kappa shape index (κ3) is 3.37. The van der Waals surface area contributed by atoms with Crippen LogP contribution in [-0.2, 0) is 7.05 Å². The molecule has 3 heterocycles. The Labute approximate surface area is 154 Å². The fourth-order valence-corrected chi connectivity index (χ4v) is 3.03. The Morgan fingerprint density at radius 1 is 1.19 bits per heavy atom. The van der Waals surface area contributed by atoms with E-state index in [9.17, 15) is 14.0 Å². The molecule has 5 nitrogen and oxygen atoms in total. The lowest BCUT2D eigenvalue weighted by Crippen LogP contribution is -2.19. The normalized spacial score (nSPS) is 11.1. The van der Waals surface area contributed by atoms with Gasteiger partial charge in [0, 0.05) is 42.4 Å². The molecule has 0 aliphatic heterocycles. The number of rotatable bonds is 5. The van der Waals surface area contributed by atoms with Crippen molar-refractivity contribution in [1.82, 2.24) is 14.5 Å². The van der Waals surface area contributed by atoms with Gasteiger partial charge in [0.2, 0.25) is 0 Å². The van der Waals surface area contributed by atoms with Gasteiger partial charge in [-0.2, -0.15) is 0 Å². The van der Waals surface area contributed by atoms with Crippen LogP contribution < -0.4 is 5.56 Å². The van der Waals surface area contributed by atoms with Gasteiger partial charge in [-0.3, -0.25) is 19.0 Å². The number of hydrogen-bond acceptors (Lipinski definition) is 4. The summed E-state index contributed by atoms with van der Waals surface area (Å²) in [5.74, 6) is -0.206. The maximum Gasteiger partial charge on any atom is 0.258 e. The van der Waals surface area contributed by atoms with E-state index in [4.69, 9.17) is 11.6 Å². The second-order valence-electron chi connectivity index (χ2n) is 6.09. The third-order valence-electron chi connectivity index (χ3n) is 4.30. The van der Waals surface area contributed by atoms with Crippen LogP contribution in [0.3, 0.4) is 0 Å². The average Bonchev–Trinajstić information content (AvgIpc) is 2.63. The molecule has 3 rings (SSSR count). The van der Waals surface area contributed by atoms with E-state index in [-0.39, 0.29) is 29.9 Å². The average molecular weight is 374 g/mol. The molecular weight excluding hydrogens is 357 g/mol. The number of carbonyl (C=O) groups is 1. The number of pyridine rings is 3. The summed E-state index contributed by atoms with van der Waals surface area (Å²) in [5.41, 5.74) is 2.64. The number of nitrogens with zero attached hydrogens (tertiary/aromatic N) is 3. The molecule has 0 amide bonds. The van der Waals surface area contributed by atoms with E-state index < -0.39 is 6.67 Å². The minimum atomic E-state index is -0.534. The summed E-state index contributed by atoms with van der Waals surface area (Å²) < 4.78 is 13.8. The Morgan fingerprint density at radius 3 is 2.65 bits per heavy atom. The predicted octanol–water partition coefficient (Wildman–Crippen LogP) is 3.89. The third-order valence-corrected chi connectivity index (χ3v) is 4.51. The molecule has 3 aromatic rings. The van der Waals surface area contributed by atoms with E-state index in [0.717, 1.165) is 10.9 Å². The van der Waals surface area contributed by atoms with Crippen molar-refractivity contribution in [1.29, 1.82) is 0 Å². The zero-order valence-electron chi connectivity index (χ0n) is 14.4. The van der Waals surface area contributed by atoms with E-state index in [1.807, 2.05) is 6.92 Å². The molecule has 0 saturated heterocycles. The van der Waals surface area contributed by atoms with Crippen LogP contribution in [0.5, 0.6) is 0 Å². The first-order valence-corrected chi connectivity index (χ1v) is 8.51. The Bertz CT molecular complexity index is 1060. The van der Waals surface area contributed by atoms with Crippen molar-refractivity contribution in [3.63, 3.8) is 0 Å². The molecule has 0 atom stereocenters. The number of fused-ring (bicyclic) bond motifs is 1. The second-order valence-corrected chi connectivity index (χ2v) is 6.48. The molecule has 0 aliphatic rings.